The van der Waals surface area contributed by atoms with Crippen molar-refractivity contribution in [2.24, 2.45) is 5.92 Å². The molecule has 7 heteroatoms. The van der Waals surface area contributed by atoms with Gasteiger partial charge in [-0.2, -0.15) is 0 Å². The molecule has 1 fully saturated rings. The normalized spacial score (nSPS) is 16.4. The highest BCUT2D eigenvalue weighted by Crippen LogP contribution is 2.27. The Morgan fingerprint density at radius 3 is 2.69 bits per heavy atom. The Kier molecular flexibility index (Phi) is 6.66. The SMILES string of the molecule is CCn1c(S[C@H](C)C(=O)NCC2CCCCC2)nnc1-c1ccncc1. The number of carbonyl (C=O) groups excluding carboxylic acids is 1. The Hall–Kier alpha value is -1.89. The van der Waals surface area contributed by atoms with E-state index in [9.17, 15) is 4.79 Å². The number of amides is 1. The van der Waals surface area contributed by atoms with E-state index in [4.69, 9.17) is 0 Å². The molecule has 3 rings (SSSR count). The molecule has 1 N–H and O–H groups in total. The van der Waals surface area contributed by atoms with Crippen LogP contribution in [0.1, 0.15) is 46.0 Å². The molecule has 0 unspecified atom stereocenters. The zero-order chi connectivity index (χ0) is 18.4. The van der Waals surface area contributed by atoms with Gasteiger partial charge in [-0.1, -0.05) is 31.0 Å². The van der Waals surface area contributed by atoms with Gasteiger partial charge in [0.15, 0.2) is 11.0 Å². The lowest BCUT2D eigenvalue weighted by atomic mass is 9.89. The number of rotatable bonds is 7. The predicted molar refractivity (Wildman–Crippen MR) is 104 cm³/mol. The van der Waals surface area contributed by atoms with Gasteiger partial charge in [-0.25, -0.2) is 0 Å². The maximum atomic E-state index is 12.5. The van der Waals surface area contributed by atoms with Gasteiger partial charge in [-0.15, -0.1) is 10.2 Å². The fraction of sp³-hybridized carbons (Fsp3) is 0.579. The van der Waals surface area contributed by atoms with Crippen LogP contribution in [-0.4, -0.2) is 37.5 Å². The van der Waals surface area contributed by atoms with E-state index in [-0.39, 0.29) is 11.2 Å². The first-order valence-electron chi connectivity index (χ1n) is 9.47. The second-order valence-corrected chi connectivity index (χ2v) is 8.10. The zero-order valence-electron chi connectivity index (χ0n) is 15.5. The second kappa shape index (κ2) is 9.16. The average Bonchev–Trinajstić information content (AvgIpc) is 3.10. The Labute approximate surface area is 159 Å². The molecule has 0 radical (unpaired) electrons. The van der Waals surface area contributed by atoms with Gasteiger partial charge in [0, 0.05) is 31.0 Å². The number of thioether (sulfide) groups is 1. The lowest BCUT2D eigenvalue weighted by Crippen LogP contribution is -2.35. The van der Waals surface area contributed by atoms with Crippen molar-refractivity contribution >= 4 is 17.7 Å². The fourth-order valence-electron chi connectivity index (χ4n) is 3.37. The lowest BCUT2D eigenvalue weighted by molar-refractivity contribution is -0.120. The van der Waals surface area contributed by atoms with Gasteiger partial charge < -0.3 is 9.88 Å². The smallest absolute Gasteiger partial charge is 0.233 e. The molecule has 140 valence electrons. The summed E-state index contributed by atoms with van der Waals surface area (Å²) in [5.41, 5.74) is 0.982. The Morgan fingerprint density at radius 1 is 1.27 bits per heavy atom. The highest BCUT2D eigenvalue weighted by molar-refractivity contribution is 8.00. The first-order valence-corrected chi connectivity index (χ1v) is 10.3. The van der Waals surface area contributed by atoms with Crippen molar-refractivity contribution in [1.29, 1.82) is 0 Å². The first kappa shape index (κ1) is 18.9. The van der Waals surface area contributed by atoms with Crippen LogP contribution in [0.15, 0.2) is 29.7 Å². The van der Waals surface area contributed by atoms with Gasteiger partial charge in [-0.05, 0) is 44.7 Å². The van der Waals surface area contributed by atoms with Crippen molar-refractivity contribution in [3.05, 3.63) is 24.5 Å². The van der Waals surface area contributed by atoms with Crippen LogP contribution < -0.4 is 5.32 Å². The summed E-state index contributed by atoms with van der Waals surface area (Å²) in [5.74, 6) is 1.53. The average molecular weight is 374 g/mol. The van der Waals surface area contributed by atoms with Crippen molar-refractivity contribution in [2.75, 3.05) is 6.54 Å². The molecule has 26 heavy (non-hydrogen) atoms. The van der Waals surface area contributed by atoms with Crippen LogP contribution in [-0.2, 0) is 11.3 Å². The van der Waals surface area contributed by atoms with Gasteiger partial charge in [0.1, 0.15) is 0 Å². The molecule has 1 saturated carbocycles. The summed E-state index contributed by atoms with van der Waals surface area (Å²) in [7, 11) is 0. The summed E-state index contributed by atoms with van der Waals surface area (Å²) in [6.07, 6.45) is 9.90. The van der Waals surface area contributed by atoms with E-state index in [0.29, 0.717) is 5.92 Å². The maximum Gasteiger partial charge on any atom is 0.233 e. The number of aromatic nitrogens is 4. The highest BCUT2D eigenvalue weighted by atomic mass is 32.2. The van der Waals surface area contributed by atoms with Crippen molar-refractivity contribution in [3.8, 4) is 11.4 Å². The van der Waals surface area contributed by atoms with Crippen LogP contribution in [0.4, 0.5) is 0 Å². The van der Waals surface area contributed by atoms with Crippen LogP contribution >= 0.6 is 11.8 Å². The number of hydrogen-bond acceptors (Lipinski definition) is 5. The third-order valence-corrected chi connectivity index (χ3v) is 5.99. The quantitative estimate of drug-likeness (QED) is 0.752. The molecular weight excluding hydrogens is 346 g/mol. The van der Waals surface area contributed by atoms with Crippen molar-refractivity contribution in [1.82, 2.24) is 25.1 Å². The van der Waals surface area contributed by atoms with E-state index in [2.05, 4.69) is 27.4 Å². The minimum atomic E-state index is -0.196. The number of pyridine rings is 1. The third-order valence-electron chi connectivity index (χ3n) is 4.91. The molecule has 0 saturated heterocycles. The second-order valence-electron chi connectivity index (χ2n) is 6.80. The van der Waals surface area contributed by atoms with Gasteiger partial charge in [0.05, 0.1) is 5.25 Å². The number of nitrogens with zero attached hydrogens (tertiary/aromatic N) is 4. The van der Waals surface area contributed by atoms with Crippen LogP contribution in [0.2, 0.25) is 0 Å². The van der Waals surface area contributed by atoms with Crippen LogP contribution in [0.5, 0.6) is 0 Å². The van der Waals surface area contributed by atoms with Gasteiger partial charge in [0.25, 0.3) is 0 Å². The summed E-state index contributed by atoms with van der Waals surface area (Å²) >= 11 is 1.47. The zero-order valence-corrected chi connectivity index (χ0v) is 16.3. The van der Waals surface area contributed by atoms with Gasteiger partial charge in [0.2, 0.25) is 5.91 Å². The Bertz CT molecular complexity index is 712. The molecule has 6 nitrogen and oxygen atoms in total. The number of nitrogens with one attached hydrogen (secondary N) is 1. The molecule has 0 aromatic carbocycles. The minimum absolute atomic E-state index is 0.0803. The molecule has 1 aliphatic rings. The fourth-order valence-corrected chi connectivity index (χ4v) is 4.30. The largest absolute Gasteiger partial charge is 0.355 e. The molecular formula is C19H27N5OS. The minimum Gasteiger partial charge on any atom is -0.355 e. The summed E-state index contributed by atoms with van der Waals surface area (Å²) in [6.45, 7) is 5.55. The molecule has 0 spiro atoms. The molecule has 1 atom stereocenters. The van der Waals surface area contributed by atoms with Crippen molar-refractivity contribution in [2.45, 2.75) is 62.9 Å². The third kappa shape index (κ3) is 4.63. The van der Waals surface area contributed by atoms with Crippen LogP contribution in [0.3, 0.4) is 0 Å². The Balaban J connectivity index is 1.60. The molecule has 0 bridgehead atoms. The molecule has 1 amide bonds. The van der Waals surface area contributed by atoms with Gasteiger partial charge in [-0.3, -0.25) is 9.78 Å². The van der Waals surface area contributed by atoms with E-state index >= 15 is 0 Å². The van der Waals surface area contributed by atoms with Gasteiger partial charge >= 0.3 is 0 Å². The molecule has 1 aliphatic carbocycles. The number of carbonyl (C=O) groups is 1. The molecule has 2 aromatic heterocycles. The maximum absolute atomic E-state index is 12.5. The summed E-state index contributed by atoms with van der Waals surface area (Å²) < 4.78 is 2.05. The van der Waals surface area contributed by atoms with Crippen LogP contribution in [0, 0.1) is 5.92 Å². The monoisotopic (exact) mass is 373 g/mol. The summed E-state index contributed by atoms with van der Waals surface area (Å²) in [6, 6.07) is 3.84. The summed E-state index contributed by atoms with van der Waals surface area (Å²) in [5, 5.41) is 12.3. The van der Waals surface area contributed by atoms with E-state index in [1.807, 2.05) is 23.6 Å². The molecule has 2 heterocycles. The topological polar surface area (TPSA) is 72.7 Å². The Morgan fingerprint density at radius 2 is 2.00 bits per heavy atom. The summed E-state index contributed by atoms with van der Waals surface area (Å²) in [4.78, 5) is 16.5. The van der Waals surface area contributed by atoms with E-state index in [1.54, 1.807) is 12.4 Å². The van der Waals surface area contributed by atoms with E-state index < -0.39 is 0 Å². The first-order chi connectivity index (χ1) is 12.7. The lowest BCUT2D eigenvalue weighted by Gasteiger charge is -2.22. The van der Waals surface area contributed by atoms with Crippen molar-refractivity contribution < 1.29 is 4.79 Å². The predicted octanol–water partition coefficient (Wildman–Crippen LogP) is 3.54. The number of hydrogen-bond donors (Lipinski definition) is 1. The molecule has 2 aromatic rings. The van der Waals surface area contributed by atoms with Crippen molar-refractivity contribution in [3.63, 3.8) is 0 Å². The van der Waals surface area contributed by atoms with Crippen LogP contribution in [0.25, 0.3) is 11.4 Å². The highest BCUT2D eigenvalue weighted by Gasteiger charge is 2.21. The standard InChI is InChI=1S/C19H27N5OS/c1-3-24-17(16-9-11-20-12-10-16)22-23-19(24)26-14(2)18(25)21-13-15-7-5-4-6-8-15/h9-12,14-15H,3-8,13H2,1-2H3,(H,21,25)/t14-/m1/s1. The molecule has 0 aliphatic heterocycles. The van der Waals surface area contributed by atoms with E-state index in [0.717, 1.165) is 29.6 Å². The van der Waals surface area contributed by atoms with E-state index in [1.165, 1.54) is 43.9 Å².